The summed E-state index contributed by atoms with van der Waals surface area (Å²) in [6.45, 7) is 2.37. The second kappa shape index (κ2) is 6.58. The Morgan fingerprint density at radius 1 is 1.47 bits per heavy atom. The van der Waals surface area contributed by atoms with Crippen molar-refractivity contribution in [1.82, 2.24) is 9.55 Å². The number of aliphatic hydroxyl groups is 1. The maximum Gasteiger partial charge on any atom is 0.326 e. The van der Waals surface area contributed by atoms with Crippen LogP contribution >= 0.6 is 11.8 Å². The molecule has 0 saturated carbocycles. The lowest BCUT2D eigenvalue weighted by molar-refractivity contribution is -0.143. The molecule has 0 aliphatic heterocycles. The van der Waals surface area contributed by atoms with Crippen LogP contribution in [0.4, 0.5) is 0 Å². The van der Waals surface area contributed by atoms with Gasteiger partial charge in [0.15, 0.2) is 5.16 Å². The molecule has 1 aromatic carbocycles. The first-order valence-corrected chi connectivity index (χ1v) is 7.09. The minimum atomic E-state index is -0.281. The van der Waals surface area contributed by atoms with Crippen LogP contribution in [0, 0.1) is 0 Å². The van der Waals surface area contributed by atoms with Crippen LogP contribution in [0.3, 0.4) is 0 Å². The predicted octanol–water partition coefficient (Wildman–Crippen LogP) is 1.68. The number of benzene rings is 1. The lowest BCUT2D eigenvalue weighted by Gasteiger charge is -2.07. The molecule has 0 saturated heterocycles. The van der Waals surface area contributed by atoms with Gasteiger partial charge in [0, 0.05) is 5.75 Å². The standard InChI is InChI=1S/C13H16N2O3S/c1-2-18-12(17)9-15-11-6-4-3-5-10(11)14-13(15)19-8-7-16/h3-6,16H,2,7-9H2,1H3. The van der Waals surface area contributed by atoms with E-state index in [4.69, 9.17) is 9.84 Å². The molecule has 5 nitrogen and oxygen atoms in total. The molecule has 0 unspecified atom stereocenters. The lowest BCUT2D eigenvalue weighted by Crippen LogP contribution is -2.14. The van der Waals surface area contributed by atoms with Crippen molar-refractivity contribution >= 4 is 28.8 Å². The number of hydrogen-bond acceptors (Lipinski definition) is 5. The van der Waals surface area contributed by atoms with Crippen LogP contribution in [0.2, 0.25) is 0 Å². The number of aromatic nitrogens is 2. The van der Waals surface area contributed by atoms with E-state index in [1.54, 1.807) is 6.92 Å². The number of thioether (sulfide) groups is 1. The van der Waals surface area contributed by atoms with Crippen LogP contribution in [-0.2, 0) is 16.1 Å². The largest absolute Gasteiger partial charge is 0.465 e. The topological polar surface area (TPSA) is 64.3 Å². The van der Waals surface area contributed by atoms with E-state index in [-0.39, 0.29) is 19.1 Å². The zero-order valence-electron chi connectivity index (χ0n) is 10.7. The number of esters is 1. The first-order valence-electron chi connectivity index (χ1n) is 6.10. The Balaban J connectivity index is 2.33. The van der Waals surface area contributed by atoms with Crippen LogP contribution < -0.4 is 0 Å². The van der Waals surface area contributed by atoms with Crippen LogP contribution in [0.15, 0.2) is 29.4 Å². The van der Waals surface area contributed by atoms with Gasteiger partial charge in [-0.2, -0.15) is 0 Å². The second-order valence-electron chi connectivity index (χ2n) is 3.85. The van der Waals surface area contributed by atoms with Crippen LogP contribution in [0.1, 0.15) is 6.92 Å². The number of ether oxygens (including phenoxy) is 1. The van der Waals surface area contributed by atoms with E-state index in [2.05, 4.69) is 4.98 Å². The van der Waals surface area contributed by atoms with Gasteiger partial charge in [-0.1, -0.05) is 23.9 Å². The first kappa shape index (κ1) is 13.9. The van der Waals surface area contributed by atoms with E-state index in [0.29, 0.717) is 12.4 Å². The van der Waals surface area contributed by atoms with E-state index in [0.717, 1.165) is 16.2 Å². The minimum Gasteiger partial charge on any atom is -0.465 e. The fraction of sp³-hybridized carbons (Fsp3) is 0.385. The second-order valence-corrected chi connectivity index (χ2v) is 4.91. The molecule has 0 radical (unpaired) electrons. The monoisotopic (exact) mass is 280 g/mol. The highest BCUT2D eigenvalue weighted by molar-refractivity contribution is 7.99. The fourth-order valence-electron chi connectivity index (χ4n) is 1.79. The summed E-state index contributed by atoms with van der Waals surface area (Å²) in [5, 5.41) is 9.64. The number of imidazole rings is 1. The third kappa shape index (κ3) is 3.27. The molecule has 0 amide bonds. The van der Waals surface area contributed by atoms with Crippen LogP contribution in [0.5, 0.6) is 0 Å². The fourth-order valence-corrected chi connectivity index (χ4v) is 2.54. The van der Waals surface area contributed by atoms with E-state index in [1.807, 2.05) is 28.8 Å². The predicted molar refractivity (Wildman–Crippen MR) is 74.2 cm³/mol. The van der Waals surface area contributed by atoms with Gasteiger partial charge in [0.1, 0.15) is 6.54 Å². The molecule has 6 heteroatoms. The van der Waals surface area contributed by atoms with Gasteiger partial charge in [0.25, 0.3) is 0 Å². The number of para-hydroxylation sites is 2. The highest BCUT2D eigenvalue weighted by Crippen LogP contribution is 2.23. The quantitative estimate of drug-likeness (QED) is 0.644. The van der Waals surface area contributed by atoms with Gasteiger partial charge >= 0.3 is 5.97 Å². The summed E-state index contributed by atoms with van der Waals surface area (Å²) in [6.07, 6.45) is 0. The number of aliphatic hydroxyl groups excluding tert-OH is 1. The van der Waals surface area contributed by atoms with Gasteiger partial charge < -0.3 is 14.4 Å². The Morgan fingerprint density at radius 2 is 2.26 bits per heavy atom. The molecule has 0 aliphatic rings. The van der Waals surface area contributed by atoms with E-state index in [9.17, 15) is 4.79 Å². The van der Waals surface area contributed by atoms with Crippen LogP contribution in [0.25, 0.3) is 11.0 Å². The van der Waals surface area contributed by atoms with Crippen molar-refractivity contribution in [3.05, 3.63) is 24.3 Å². The van der Waals surface area contributed by atoms with Gasteiger partial charge in [-0.15, -0.1) is 0 Å². The Hall–Kier alpha value is -1.53. The molecular formula is C13H16N2O3S. The molecule has 1 aromatic heterocycles. The van der Waals surface area contributed by atoms with Crippen molar-refractivity contribution in [3.63, 3.8) is 0 Å². The molecule has 102 valence electrons. The van der Waals surface area contributed by atoms with Crippen molar-refractivity contribution in [2.75, 3.05) is 19.0 Å². The third-order valence-corrected chi connectivity index (χ3v) is 3.49. The lowest BCUT2D eigenvalue weighted by atomic mass is 10.3. The highest BCUT2D eigenvalue weighted by Gasteiger charge is 2.14. The molecule has 0 spiro atoms. The molecule has 2 aromatic rings. The first-order chi connectivity index (χ1) is 9.26. The summed E-state index contributed by atoms with van der Waals surface area (Å²) >= 11 is 1.43. The zero-order chi connectivity index (χ0) is 13.7. The molecule has 2 rings (SSSR count). The van der Waals surface area contributed by atoms with Gasteiger partial charge in [0.05, 0.1) is 24.2 Å². The average molecular weight is 280 g/mol. The summed E-state index contributed by atoms with van der Waals surface area (Å²) in [7, 11) is 0. The zero-order valence-corrected chi connectivity index (χ0v) is 11.5. The van der Waals surface area contributed by atoms with Crippen molar-refractivity contribution in [2.24, 2.45) is 0 Å². The van der Waals surface area contributed by atoms with Gasteiger partial charge in [-0.25, -0.2) is 4.98 Å². The maximum absolute atomic E-state index is 11.7. The number of nitrogens with zero attached hydrogens (tertiary/aromatic N) is 2. The molecule has 1 N–H and O–H groups in total. The molecule has 0 aliphatic carbocycles. The molecule has 19 heavy (non-hydrogen) atoms. The Labute approximate surface area is 115 Å². The molecular weight excluding hydrogens is 264 g/mol. The molecule has 0 bridgehead atoms. The number of fused-ring (bicyclic) bond motifs is 1. The van der Waals surface area contributed by atoms with Crippen molar-refractivity contribution < 1.29 is 14.6 Å². The molecule has 1 heterocycles. The summed E-state index contributed by atoms with van der Waals surface area (Å²) in [4.78, 5) is 16.1. The summed E-state index contributed by atoms with van der Waals surface area (Å²) in [5.41, 5.74) is 1.74. The van der Waals surface area contributed by atoms with E-state index in [1.165, 1.54) is 11.8 Å². The Kier molecular flexibility index (Phi) is 4.81. The van der Waals surface area contributed by atoms with Crippen LogP contribution in [-0.4, -0.2) is 39.6 Å². The van der Waals surface area contributed by atoms with Crippen molar-refractivity contribution in [3.8, 4) is 0 Å². The summed E-state index contributed by atoms with van der Waals surface area (Å²) in [6, 6.07) is 7.64. The van der Waals surface area contributed by atoms with Gasteiger partial charge in [0.2, 0.25) is 0 Å². The Bertz CT molecular complexity index is 568. The highest BCUT2D eigenvalue weighted by atomic mass is 32.2. The van der Waals surface area contributed by atoms with Crippen molar-refractivity contribution in [2.45, 2.75) is 18.6 Å². The molecule has 0 fully saturated rings. The SMILES string of the molecule is CCOC(=O)Cn1c(SCCO)nc2ccccc21. The minimum absolute atomic E-state index is 0.0767. The Morgan fingerprint density at radius 3 is 3.00 bits per heavy atom. The van der Waals surface area contributed by atoms with Gasteiger partial charge in [-0.3, -0.25) is 4.79 Å². The summed E-state index contributed by atoms with van der Waals surface area (Å²) < 4.78 is 6.80. The smallest absolute Gasteiger partial charge is 0.326 e. The normalized spacial score (nSPS) is 10.8. The van der Waals surface area contributed by atoms with E-state index >= 15 is 0 Å². The summed E-state index contributed by atoms with van der Waals surface area (Å²) in [5.74, 6) is 0.267. The number of carbonyl (C=O) groups is 1. The van der Waals surface area contributed by atoms with Gasteiger partial charge in [-0.05, 0) is 19.1 Å². The number of hydrogen-bond donors (Lipinski definition) is 1. The third-order valence-electron chi connectivity index (χ3n) is 2.53. The molecule has 0 atom stereocenters. The maximum atomic E-state index is 11.7. The van der Waals surface area contributed by atoms with E-state index < -0.39 is 0 Å². The number of carbonyl (C=O) groups excluding carboxylic acids is 1. The van der Waals surface area contributed by atoms with Crippen molar-refractivity contribution in [1.29, 1.82) is 0 Å². The number of rotatable bonds is 6. The average Bonchev–Trinajstić information content (AvgIpc) is 2.75.